The molecule has 2 N–H and O–H groups in total. The van der Waals surface area contributed by atoms with Crippen LogP contribution in [0.1, 0.15) is 23.0 Å². The number of amides is 3. The van der Waals surface area contributed by atoms with E-state index in [1.807, 2.05) is 17.5 Å². The summed E-state index contributed by atoms with van der Waals surface area (Å²) in [6.07, 6.45) is 0.746. The Morgan fingerprint density at radius 2 is 1.97 bits per heavy atom. The van der Waals surface area contributed by atoms with E-state index < -0.39 is 17.3 Å². The van der Waals surface area contributed by atoms with Crippen LogP contribution < -0.4 is 0 Å². The number of aromatic hydroxyl groups is 1. The molecule has 9 heteroatoms. The molecule has 2 heterocycles. The number of aliphatic hydroxyl groups is 1. The molecule has 1 saturated heterocycles. The number of hydrogen-bond donors (Lipinski definition) is 2. The maximum atomic E-state index is 12.5. The second kappa shape index (κ2) is 9.25. The minimum atomic E-state index is -0.907. The Hall–Kier alpha value is -2.62. The number of thioether (sulfide) groups is 1. The lowest BCUT2D eigenvalue weighted by molar-refractivity contribution is -0.131. The topological polar surface area (TPSA) is 98.2 Å². The summed E-state index contributed by atoms with van der Waals surface area (Å²) in [6, 6.07) is 9.81. The largest absolute Gasteiger partial charge is 0.508 e. The van der Waals surface area contributed by atoms with E-state index in [1.165, 1.54) is 28.4 Å². The zero-order valence-electron chi connectivity index (χ0n) is 15.6. The Balaban J connectivity index is 1.53. The summed E-state index contributed by atoms with van der Waals surface area (Å²) >= 11 is 2.34. The predicted octanol–water partition coefficient (Wildman–Crippen LogP) is 3.07. The van der Waals surface area contributed by atoms with E-state index in [-0.39, 0.29) is 31.2 Å². The number of rotatable bonds is 7. The van der Waals surface area contributed by atoms with E-state index in [9.17, 15) is 24.6 Å². The van der Waals surface area contributed by atoms with Gasteiger partial charge in [0.2, 0.25) is 5.91 Å². The molecule has 1 unspecified atom stereocenters. The number of thiophene rings is 1. The van der Waals surface area contributed by atoms with Gasteiger partial charge in [0, 0.05) is 24.9 Å². The second-order valence-corrected chi connectivity index (χ2v) is 8.45. The fraction of sp³-hybridized carbons (Fsp3) is 0.250. The molecule has 2 aromatic rings. The van der Waals surface area contributed by atoms with Crippen molar-refractivity contribution in [1.82, 2.24) is 9.80 Å². The molecule has 1 aromatic carbocycles. The first-order chi connectivity index (χ1) is 13.8. The molecule has 0 radical (unpaired) electrons. The maximum Gasteiger partial charge on any atom is 0.293 e. The molecule has 1 aliphatic heterocycles. The molecular weight excluding hydrogens is 412 g/mol. The van der Waals surface area contributed by atoms with Crippen LogP contribution in [0.4, 0.5) is 4.79 Å². The summed E-state index contributed by atoms with van der Waals surface area (Å²) in [7, 11) is 1.55. The van der Waals surface area contributed by atoms with Gasteiger partial charge in [-0.3, -0.25) is 19.3 Å². The normalized spacial score (nSPS) is 16.5. The van der Waals surface area contributed by atoms with E-state index in [2.05, 4.69) is 0 Å². The average molecular weight is 433 g/mol. The van der Waals surface area contributed by atoms with Gasteiger partial charge in [0.1, 0.15) is 5.75 Å². The number of imide groups is 1. The van der Waals surface area contributed by atoms with Crippen molar-refractivity contribution in [2.24, 2.45) is 0 Å². The molecule has 0 saturated carbocycles. The molecule has 1 aromatic heterocycles. The van der Waals surface area contributed by atoms with Gasteiger partial charge in [-0.15, -0.1) is 11.3 Å². The third-order valence-electron chi connectivity index (χ3n) is 4.39. The Bertz CT molecular complexity index is 925. The molecule has 0 aliphatic carbocycles. The summed E-state index contributed by atoms with van der Waals surface area (Å²) in [4.78, 5) is 40.6. The fourth-order valence-corrected chi connectivity index (χ4v) is 4.34. The molecule has 7 nitrogen and oxygen atoms in total. The van der Waals surface area contributed by atoms with Crippen LogP contribution in [-0.2, 0) is 9.59 Å². The summed E-state index contributed by atoms with van der Waals surface area (Å²) in [5.41, 5.74) is 0.576. The van der Waals surface area contributed by atoms with Gasteiger partial charge in [-0.1, -0.05) is 18.2 Å². The third-order valence-corrected chi connectivity index (χ3v) is 6.12. The summed E-state index contributed by atoms with van der Waals surface area (Å²) in [5.74, 6) is -0.590. The number of nitrogens with zero attached hydrogens (tertiary/aromatic N) is 2. The van der Waals surface area contributed by atoms with Crippen LogP contribution in [0.2, 0.25) is 0 Å². The van der Waals surface area contributed by atoms with Crippen molar-refractivity contribution >= 4 is 46.2 Å². The Morgan fingerprint density at radius 1 is 1.24 bits per heavy atom. The molecule has 3 amide bonds. The lowest BCUT2D eigenvalue weighted by atomic mass is 10.1. The van der Waals surface area contributed by atoms with Crippen molar-refractivity contribution < 1.29 is 24.6 Å². The van der Waals surface area contributed by atoms with Gasteiger partial charge in [0.05, 0.1) is 17.6 Å². The molecule has 3 rings (SSSR count). The average Bonchev–Trinajstić information content (AvgIpc) is 3.29. The SMILES string of the molecule is CN(CC(O)c1ccc(O)cc1)C(=O)CCN1C(=O)S/C(=C/c2cccs2)C1=O. The predicted molar refractivity (Wildman–Crippen MR) is 112 cm³/mol. The molecule has 0 bridgehead atoms. The van der Waals surface area contributed by atoms with Crippen molar-refractivity contribution in [2.75, 3.05) is 20.1 Å². The highest BCUT2D eigenvalue weighted by Gasteiger charge is 2.35. The fourth-order valence-electron chi connectivity index (χ4n) is 2.76. The smallest absolute Gasteiger partial charge is 0.293 e. The van der Waals surface area contributed by atoms with Crippen LogP contribution in [0.3, 0.4) is 0 Å². The zero-order valence-corrected chi connectivity index (χ0v) is 17.3. The number of likely N-dealkylation sites (N-methyl/N-ethyl adjacent to an activating group) is 1. The minimum Gasteiger partial charge on any atom is -0.508 e. The summed E-state index contributed by atoms with van der Waals surface area (Å²) in [5, 5.41) is 21.0. The van der Waals surface area contributed by atoms with Crippen LogP contribution in [-0.4, -0.2) is 57.2 Å². The summed E-state index contributed by atoms with van der Waals surface area (Å²) < 4.78 is 0. The zero-order chi connectivity index (χ0) is 21.0. The van der Waals surface area contributed by atoms with Crippen LogP contribution in [0, 0.1) is 0 Å². The van der Waals surface area contributed by atoms with Gasteiger partial charge < -0.3 is 15.1 Å². The van der Waals surface area contributed by atoms with Crippen molar-refractivity contribution in [2.45, 2.75) is 12.5 Å². The monoisotopic (exact) mass is 432 g/mol. The first-order valence-corrected chi connectivity index (χ1v) is 10.5. The molecule has 1 aliphatic rings. The van der Waals surface area contributed by atoms with E-state index >= 15 is 0 Å². The quantitative estimate of drug-likeness (QED) is 0.653. The highest BCUT2D eigenvalue weighted by Crippen LogP contribution is 2.33. The van der Waals surface area contributed by atoms with E-state index in [1.54, 1.807) is 25.3 Å². The third kappa shape index (κ3) is 5.26. The first-order valence-electron chi connectivity index (χ1n) is 8.85. The number of hydrogen-bond acceptors (Lipinski definition) is 7. The van der Waals surface area contributed by atoms with Crippen LogP contribution in [0.5, 0.6) is 5.75 Å². The lowest BCUT2D eigenvalue weighted by Crippen LogP contribution is -2.36. The first kappa shape index (κ1) is 21.1. The number of carbonyl (C=O) groups excluding carboxylic acids is 3. The van der Waals surface area contributed by atoms with E-state index in [0.29, 0.717) is 10.5 Å². The molecule has 29 heavy (non-hydrogen) atoms. The Labute approximate surface area is 176 Å². The molecule has 0 spiro atoms. The second-order valence-electron chi connectivity index (χ2n) is 6.48. The van der Waals surface area contributed by atoms with Crippen molar-refractivity contribution in [1.29, 1.82) is 0 Å². The molecule has 1 fully saturated rings. The number of carbonyl (C=O) groups is 3. The van der Waals surface area contributed by atoms with Gasteiger partial charge in [0.15, 0.2) is 0 Å². The Morgan fingerprint density at radius 3 is 2.62 bits per heavy atom. The molecular formula is C20H20N2O5S2. The molecule has 152 valence electrons. The highest BCUT2D eigenvalue weighted by atomic mass is 32.2. The van der Waals surface area contributed by atoms with Crippen molar-refractivity contribution in [3.8, 4) is 5.75 Å². The lowest BCUT2D eigenvalue weighted by Gasteiger charge is -2.22. The van der Waals surface area contributed by atoms with Gasteiger partial charge in [-0.2, -0.15) is 0 Å². The van der Waals surface area contributed by atoms with Gasteiger partial charge in [0.25, 0.3) is 11.1 Å². The van der Waals surface area contributed by atoms with Crippen molar-refractivity contribution in [3.63, 3.8) is 0 Å². The standard InChI is InChI=1S/C20H20N2O5S2/c1-21(12-16(24)13-4-6-14(23)7-5-13)18(25)8-9-22-19(26)17(29-20(22)27)11-15-3-2-10-28-15/h2-7,10-11,16,23-24H,8-9,12H2,1H3/b17-11+. The van der Waals surface area contributed by atoms with Gasteiger partial charge in [-0.05, 0) is 47.0 Å². The van der Waals surface area contributed by atoms with Crippen LogP contribution in [0.15, 0.2) is 46.7 Å². The highest BCUT2D eigenvalue weighted by molar-refractivity contribution is 8.18. The van der Waals surface area contributed by atoms with Crippen molar-refractivity contribution in [3.05, 3.63) is 57.1 Å². The van der Waals surface area contributed by atoms with Gasteiger partial charge >= 0.3 is 0 Å². The van der Waals surface area contributed by atoms with E-state index in [4.69, 9.17) is 0 Å². The van der Waals surface area contributed by atoms with E-state index in [0.717, 1.165) is 21.5 Å². The van der Waals surface area contributed by atoms with Crippen LogP contribution in [0.25, 0.3) is 6.08 Å². The minimum absolute atomic E-state index is 0.00900. The number of phenolic OH excluding ortho intramolecular Hbond substituents is 1. The van der Waals surface area contributed by atoms with Crippen LogP contribution >= 0.6 is 23.1 Å². The number of benzene rings is 1. The Kier molecular flexibility index (Phi) is 6.73. The number of aliphatic hydroxyl groups excluding tert-OH is 1. The van der Waals surface area contributed by atoms with Gasteiger partial charge in [-0.25, -0.2) is 0 Å². The summed E-state index contributed by atoms with van der Waals surface area (Å²) in [6.45, 7) is 0.0503. The molecule has 1 atom stereocenters. The maximum absolute atomic E-state index is 12.5. The number of phenols is 1.